The maximum absolute atomic E-state index is 13.4. The van der Waals surface area contributed by atoms with E-state index in [1.165, 1.54) is 0 Å². The molecule has 1 N–H and O–H groups in total. The van der Waals surface area contributed by atoms with Crippen LogP contribution in [0.1, 0.15) is 45.9 Å². The van der Waals surface area contributed by atoms with Gasteiger partial charge in [-0.05, 0) is 30.0 Å². The molecule has 0 aliphatic carbocycles. The predicted molar refractivity (Wildman–Crippen MR) is 118 cm³/mol. The summed E-state index contributed by atoms with van der Waals surface area (Å²) in [6.07, 6.45) is 1.50. The summed E-state index contributed by atoms with van der Waals surface area (Å²) in [5, 5.41) is 3.21. The molecule has 1 atom stereocenters. The van der Waals surface area contributed by atoms with Gasteiger partial charge in [-0.25, -0.2) is 9.59 Å². The summed E-state index contributed by atoms with van der Waals surface area (Å²) in [6, 6.07) is 27.0. The Morgan fingerprint density at radius 2 is 1.52 bits per heavy atom. The van der Waals surface area contributed by atoms with Crippen molar-refractivity contribution in [3.05, 3.63) is 107 Å². The van der Waals surface area contributed by atoms with Crippen LogP contribution in [0, 0.1) is 0 Å². The third-order valence-electron chi connectivity index (χ3n) is 6.20. The summed E-state index contributed by atoms with van der Waals surface area (Å²) < 4.78 is 5.85. The van der Waals surface area contributed by atoms with Crippen LogP contribution in [0.4, 0.5) is 4.79 Å². The lowest BCUT2D eigenvalue weighted by Gasteiger charge is -2.40. The van der Waals surface area contributed by atoms with Crippen molar-refractivity contribution >= 4 is 12.0 Å². The highest BCUT2D eigenvalue weighted by molar-refractivity contribution is 5.95. The minimum absolute atomic E-state index is 0.155. The highest BCUT2D eigenvalue weighted by atomic mass is 16.6. The van der Waals surface area contributed by atoms with Crippen molar-refractivity contribution < 1.29 is 14.3 Å². The van der Waals surface area contributed by atoms with E-state index in [2.05, 4.69) is 5.32 Å². The summed E-state index contributed by atoms with van der Waals surface area (Å²) in [4.78, 5) is 27.6. The molecule has 0 radical (unpaired) electrons. The van der Waals surface area contributed by atoms with Crippen molar-refractivity contribution in [1.29, 1.82) is 0 Å². The van der Waals surface area contributed by atoms with Crippen molar-refractivity contribution in [2.24, 2.45) is 0 Å². The van der Waals surface area contributed by atoms with Crippen LogP contribution in [0.25, 0.3) is 0 Å². The number of ether oxygens (including phenoxy) is 1. The number of rotatable bonds is 3. The van der Waals surface area contributed by atoms with E-state index >= 15 is 0 Å². The summed E-state index contributed by atoms with van der Waals surface area (Å²) >= 11 is 0. The Labute approximate surface area is 181 Å². The van der Waals surface area contributed by atoms with Gasteiger partial charge in [0.05, 0.1) is 18.2 Å². The Morgan fingerprint density at radius 3 is 2.19 bits per heavy atom. The fraction of sp³-hybridized carbons (Fsp3) is 0.231. The van der Waals surface area contributed by atoms with Gasteiger partial charge in [-0.3, -0.25) is 0 Å². The molecule has 3 aromatic rings. The van der Waals surface area contributed by atoms with E-state index in [0.717, 1.165) is 29.5 Å². The van der Waals surface area contributed by atoms with Crippen molar-refractivity contribution in [3.63, 3.8) is 0 Å². The number of nitrogens with zero attached hydrogens (tertiary/aromatic N) is 1. The smallest absolute Gasteiger partial charge is 0.339 e. The topological polar surface area (TPSA) is 58.6 Å². The molecule has 31 heavy (non-hydrogen) atoms. The number of amides is 2. The van der Waals surface area contributed by atoms with Gasteiger partial charge >= 0.3 is 12.0 Å². The van der Waals surface area contributed by atoms with Gasteiger partial charge in [0.2, 0.25) is 0 Å². The first-order valence-electron chi connectivity index (χ1n) is 10.6. The highest BCUT2D eigenvalue weighted by Gasteiger charge is 2.48. The Morgan fingerprint density at radius 1 is 0.903 bits per heavy atom. The normalized spacial score (nSPS) is 19.9. The number of fused-ring (bicyclic) bond motifs is 2. The average Bonchev–Trinajstić information content (AvgIpc) is 3.09. The van der Waals surface area contributed by atoms with Gasteiger partial charge in [0.25, 0.3) is 0 Å². The molecule has 5 nitrogen and oxygen atoms in total. The monoisotopic (exact) mass is 412 g/mol. The molecular formula is C26H24N2O3. The first-order chi connectivity index (χ1) is 15.2. The maximum atomic E-state index is 13.4. The molecule has 0 aromatic heterocycles. The lowest BCUT2D eigenvalue weighted by molar-refractivity contribution is -0.0411. The zero-order chi connectivity index (χ0) is 21.3. The van der Waals surface area contributed by atoms with Crippen molar-refractivity contribution in [1.82, 2.24) is 10.2 Å². The molecule has 2 aliphatic rings. The molecule has 156 valence electrons. The number of urea groups is 1. The van der Waals surface area contributed by atoms with Gasteiger partial charge < -0.3 is 15.0 Å². The van der Waals surface area contributed by atoms with E-state index in [0.29, 0.717) is 18.7 Å². The number of benzene rings is 3. The van der Waals surface area contributed by atoms with Crippen LogP contribution in [0.2, 0.25) is 0 Å². The van der Waals surface area contributed by atoms with E-state index in [9.17, 15) is 9.59 Å². The Hall–Kier alpha value is -3.60. The van der Waals surface area contributed by atoms with Crippen LogP contribution in [0.3, 0.4) is 0 Å². The number of piperidine rings is 1. The van der Waals surface area contributed by atoms with Crippen molar-refractivity contribution in [2.45, 2.75) is 24.5 Å². The molecule has 2 aliphatic heterocycles. The lowest BCUT2D eigenvalue weighted by atomic mass is 9.85. The van der Waals surface area contributed by atoms with Crippen LogP contribution < -0.4 is 5.32 Å². The second-order valence-corrected chi connectivity index (χ2v) is 8.16. The van der Waals surface area contributed by atoms with Crippen molar-refractivity contribution in [2.75, 3.05) is 13.1 Å². The summed E-state index contributed by atoms with van der Waals surface area (Å²) in [6.45, 7) is 0.988. The summed E-state index contributed by atoms with van der Waals surface area (Å²) in [7, 11) is 0. The SMILES string of the molecule is O=C1O[C@@]2(CCCN(C(=O)NC(c3ccccc3)c3ccccc3)C2)c2ccccc21. The first kappa shape index (κ1) is 19.4. The third-order valence-corrected chi connectivity index (χ3v) is 6.20. The molecule has 1 saturated heterocycles. The van der Waals surface area contributed by atoms with Crippen LogP contribution in [0.5, 0.6) is 0 Å². The van der Waals surface area contributed by atoms with Gasteiger partial charge in [-0.2, -0.15) is 0 Å². The minimum Gasteiger partial charge on any atom is -0.449 e. The molecule has 1 spiro atoms. The summed E-state index contributed by atoms with van der Waals surface area (Å²) in [5.74, 6) is -0.302. The predicted octanol–water partition coefficient (Wildman–Crippen LogP) is 4.65. The molecule has 2 heterocycles. The second kappa shape index (κ2) is 7.91. The third kappa shape index (κ3) is 3.56. The number of carbonyl (C=O) groups is 2. The van der Waals surface area contributed by atoms with Crippen molar-refractivity contribution in [3.8, 4) is 0 Å². The quantitative estimate of drug-likeness (QED) is 0.637. The fourth-order valence-corrected chi connectivity index (χ4v) is 4.71. The average molecular weight is 412 g/mol. The zero-order valence-corrected chi connectivity index (χ0v) is 17.2. The molecule has 1 fully saturated rings. The molecule has 5 heteroatoms. The van der Waals surface area contributed by atoms with Crippen LogP contribution >= 0.6 is 0 Å². The summed E-state index contributed by atoms with van der Waals surface area (Å²) in [5.41, 5.74) is 2.78. The molecule has 0 unspecified atom stereocenters. The van der Waals surface area contributed by atoms with E-state index in [1.54, 1.807) is 11.0 Å². The second-order valence-electron chi connectivity index (χ2n) is 8.16. The number of hydrogen-bond donors (Lipinski definition) is 1. The fourth-order valence-electron chi connectivity index (χ4n) is 4.71. The number of esters is 1. The van der Waals surface area contributed by atoms with Gasteiger partial charge in [-0.1, -0.05) is 78.9 Å². The molecule has 3 aromatic carbocycles. The number of nitrogens with one attached hydrogen (secondary N) is 1. The van der Waals surface area contributed by atoms with E-state index < -0.39 is 5.60 Å². The van der Waals surface area contributed by atoms with Crippen LogP contribution in [-0.2, 0) is 10.3 Å². The Bertz CT molecular complexity index is 1060. The molecular weight excluding hydrogens is 388 g/mol. The van der Waals surface area contributed by atoms with E-state index in [4.69, 9.17) is 4.74 Å². The molecule has 2 amide bonds. The van der Waals surface area contributed by atoms with Gasteiger partial charge in [0.15, 0.2) is 5.60 Å². The van der Waals surface area contributed by atoms with Gasteiger partial charge in [0, 0.05) is 12.1 Å². The van der Waals surface area contributed by atoms with E-state index in [1.807, 2.05) is 78.9 Å². The van der Waals surface area contributed by atoms with Crippen LogP contribution in [-0.4, -0.2) is 30.0 Å². The van der Waals surface area contributed by atoms with E-state index in [-0.39, 0.29) is 18.0 Å². The first-order valence-corrected chi connectivity index (χ1v) is 10.6. The Balaban J connectivity index is 1.40. The number of carbonyl (C=O) groups excluding carboxylic acids is 2. The molecule has 0 bridgehead atoms. The maximum Gasteiger partial charge on any atom is 0.339 e. The highest BCUT2D eigenvalue weighted by Crippen LogP contribution is 2.42. The lowest BCUT2D eigenvalue weighted by Crippen LogP contribution is -2.52. The van der Waals surface area contributed by atoms with Gasteiger partial charge in [-0.15, -0.1) is 0 Å². The number of hydrogen-bond acceptors (Lipinski definition) is 3. The Kier molecular flexibility index (Phi) is 4.94. The molecule has 5 rings (SSSR count). The minimum atomic E-state index is -0.752. The van der Waals surface area contributed by atoms with Crippen LogP contribution in [0.15, 0.2) is 84.9 Å². The number of likely N-dealkylation sites (tertiary alicyclic amines) is 1. The standard InChI is InChI=1S/C26H24N2O3/c29-24-21-14-7-8-15-22(21)26(31-24)16-9-17-28(18-26)25(30)27-23(19-10-3-1-4-11-19)20-12-5-2-6-13-20/h1-8,10-15,23H,9,16-18H2,(H,27,30)/t26-/m1/s1. The largest absolute Gasteiger partial charge is 0.449 e. The zero-order valence-electron chi connectivity index (χ0n) is 17.2. The van der Waals surface area contributed by atoms with Gasteiger partial charge in [0.1, 0.15) is 0 Å². The molecule has 0 saturated carbocycles.